The molecule has 0 radical (unpaired) electrons. The van der Waals surface area contributed by atoms with Crippen LogP contribution in [0.25, 0.3) is 0 Å². The fourth-order valence-corrected chi connectivity index (χ4v) is 4.27. The van der Waals surface area contributed by atoms with E-state index in [9.17, 15) is 10.1 Å². The van der Waals surface area contributed by atoms with Crippen molar-refractivity contribution in [2.24, 2.45) is 0 Å². The van der Waals surface area contributed by atoms with Gasteiger partial charge in [0.25, 0.3) is 0 Å². The molecule has 2 aromatic rings. The Morgan fingerprint density at radius 1 is 0.778 bits per heavy atom. The third kappa shape index (κ3) is 11.7. The van der Waals surface area contributed by atoms with E-state index in [1.54, 1.807) is 7.11 Å². The maximum atomic E-state index is 11.7. The molecule has 0 atom stereocenters. The van der Waals surface area contributed by atoms with Gasteiger partial charge in [-0.15, -0.1) is 0 Å². The molecular weight excluding hydrogens is 454 g/mol. The monoisotopic (exact) mass is 499 g/mol. The van der Waals surface area contributed by atoms with E-state index in [1.165, 1.54) is 83.4 Å². The normalized spacial score (nSPS) is 10.8. The van der Waals surface area contributed by atoms with Crippen LogP contribution in [0.5, 0.6) is 5.75 Å². The lowest BCUT2D eigenvalue weighted by Gasteiger charge is -2.10. The van der Waals surface area contributed by atoms with Crippen molar-refractivity contribution in [3.8, 4) is 5.75 Å². The van der Waals surface area contributed by atoms with Crippen molar-refractivity contribution >= 4 is 17.3 Å². The van der Waals surface area contributed by atoms with E-state index in [1.807, 2.05) is 24.3 Å². The van der Waals surface area contributed by atoms with Gasteiger partial charge in [-0.2, -0.15) is 0 Å². The minimum Gasteiger partial charge on any atom is -0.497 e. The zero-order chi connectivity index (χ0) is 25.8. The number of hydrogen-bond acceptors (Lipinski definition) is 7. The van der Waals surface area contributed by atoms with Crippen LogP contribution in [0.1, 0.15) is 102 Å². The molecule has 0 bridgehead atoms. The maximum Gasteiger partial charge on any atom is 0.353 e. The van der Waals surface area contributed by atoms with E-state index >= 15 is 0 Å². The van der Waals surface area contributed by atoms with Gasteiger partial charge in [0.2, 0.25) is 11.6 Å². The molecule has 0 aliphatic heterocycles. The van der Waals surface area contributed by atoms with Crippen LogP contribution in [0.4, 0.5) is 17.3 Å². The van der Waals surface area contributed by atoms with Gasteiger partial charge in [-0.25, -0.2) is 9.97 Å². The first-order chi connectivity index (χ1) is 17.7. The Balaban J connectivity index is 1.61. The van der Waals surface area contributed by atoms with Crippen LogP contribution in [0.3, 0.4) is 0 Å². The number of nitrogens with zero attached hydrogens (tertiary/aromatic N) is 3. The topological polar surface area (TPSA) is 102 Å². The molecule has 1 heterocycles. The summed E-state index contributed by atoms with van der Waals surface area (Å²) in [5.41, 5.74) is 0.858. The second-order valence-electron chi connectivity index (χ2n) is 9.40. The van der Waals surface area contributed by atoms with Gasteiger partial charge in [-0.1, -0.05) is 103 Å². The van der Waals surface area contributed by atoms with Gasteiger partial charge >= 0.3 is 5.69 Å². The van der Waals surface area contributed by atoms with Gasteiger partial charge in [-0.3, -0.25) is 10.1 Å². The number of ether oxygens (including phenoxy) is 1. The molecule has 1 aromatic carbocycles. The van der Waals surface area contributed by atoms with Crippen molar-refractivity contribution in [3.05, 3.63) is 46.3 Å². The number of methoxy groups -OCH3 is 1. The lowest BCUT2D eigenvalue weighted by atomic mass is 10.0. The summed E-state index contributed by atoms with van der Waals surface area (Å²) < 4.78 is 5.16. The lowest BCUT2D eigenvalue weighted by molar-refractivity contribution is -0.383. The maximum absolute atomic E-state index is 11.7. The Morgan fingerprint density at radius 3 is 1.78 bits per heavy atom. The summed E-state index contributed by atoms with van der Waals surface area (Å²) in [6.07, 6.45) is 19.6. The molecule has 0 amide bonds. The van der Waals surface area contributed by atoms with E-state index in [0.717, 1.165) is 24.2 Å². The highest BCUT2D eigenvalue weighted by molar-refractivity contribution is 5.69. The van der Waals surface area contributed by atoms with Crippen molar-refractivity contribution < 1.29 is 9.66 Å². The number of benzene rings is 1. The first-order valence-corrected chi connectivity index (χ1v) is 13.8. The first-order valence-electron chi connectivity index (χ1n) is 13.8. The van der Waals surface area contributed by atoms with Crippen molar-refractivity contribution in [2.75, 3.05) is 24.3 Å². The molecule has 0 saturated heterocycles. The molecule has 2 N–H and O–H groups in total. The third-order valence-corrected chi connectivity index (χ3v) is 6.45. The van der Waals surface area contributed by atoms with E-state index in [0.29, 0.717) is 13.1 Å². The minimum absolute atomic E-state index is 0.114. The third-order valence-electron chi connectivity index (χ3n) is 6.45. The average molecular weight is 500 g/mol. The van der Waals surface area contributed by atoms with Crippen molar-refractivity contribution in [3.63, 3.8) is 0 Å². The number of hydrogen-bond donors (Lipinski definition) is 2. The summed E-state index contributed by atoms with van der Waals surface area (Å²) >= 11 is 0. The smallest absolute Gasteiger partial charge is 0.353 e. The summed E-state index contributed by atoms with van der Waals surface area (Å²) in [5, 5.41) is 17.9. The second-order valence-corrected chi connectivity index (χ2v) is 9.40. The summed E-state index contributed by atoms with van der Waals surface area (Å²) in [6, 6.07) is 7.53. The molecule has 200 valence electrons. The van der Waals surface area contributed by atoms with Gasteiger partial charge in [0.1, 0.15) is 12.1 Å². The van der Waals surface area contributed by atoms with Crippen LogP contribution in [0, 0.1) is 10.1 Å². The molecular formula is C28H45N5O3. The summed E-state index contributed by atoms with van der Waals surface area (Å²) in [7, 11) is 1.62. The number of nitro groups is 1. The standard InChI is InChI=1S/C28H45N5O3/c1-3-4-5-6-7-8-9-10-11-12-13-14-15-16-21-29-27-26(33(34)35)28(32-23-31-27)30-22-24-17-19-25(36-2)20-18-24/h17-20,23H,3-16,21-22H2,1-2H3,(H2,29,30,31,32). The van der Waals surface area contributed by atoms with E-state index < -0.39 is 4.92 Å². The predicted octanol–water partition coefficient (Wildman–Crippen LogP) is 7.90. The molecule has 0 aliphatic carbocycles. The van der Waals surface area contributed by atoms with Gasteiger partial charge in [0, 0.05) is 13.1 Å². The quantitative estimate of drug-likeness (QED) is 0.102. The Labute approximate surface area is 216 Å². The predicted molar refractivity (Wildman–Crippen MR) is 148 cm³/mol. The Hall–Kier alpha value is -2.90. The van der Waals surface area contributed by atoms with Crippen LogP contribution in [0.2, 0.25) is 0 Å². The molecule has 8 nitrogen and oxygen atoms in total. The Morgan fingerprint density at radius 2 is 1.28 bits per heavy atom. The van der Waals surface area contributed by atoms with Crippen molar-refractivity contribution in [2.45, 2.75) is 103 Å². The second kappa shape index (κ2) is 18.4. The average Bonchev–Trinajstić information content (AvgIpc) is 2.89. The van der Waals surface area contributed by atoms with Crippen LogP contribution >= 0.6 is 0 Å². The number of nitrogens with one attached hydrogen (secondary N) is 2. The van der Waals surface area contributed by atoms with Crippen LogP contribution < -0.4 is 15.4 Å². The van der Waals surface area contributed by atoms with Gasteiger partial charge in [-0.05, 0) is 24.1 Å². The van der Waals surface area contributed by atoms with Gasteiger partial charge in [0.15, 0.2) is 0 Å². The van der Waals surface area contributed by atoms with E-state index in [4.69, 9.17) is 4.74 Å². The molecule has 0 fully saturated rings. The molecule has 0 saturated carbocycles. The number of rotatable bonds is 21. The highest BCUT2D eigenvalue weighted by atomic mass is 16.6. The minimum atomic E-state index is -0.427. The summed E-state index contributed by atoms with van der Waals surface area (Å²) in [6.45, 7) is 3.34. The molecule has 1 aromatic heterocycles. The first kappa shape index (κ1) is 29.3. The zero-order valence-electron chi connectivity index (χ0n) is 22.3. The van der Waals surface area contributed by atoms with Crippen molar-refractivity contribution in [1.82, 2.24) is 9.97 Å². The van der Waals surface area contributed by atoms with Crippen LogP contribution in [-0.2, 0) is 6.54 Å². The Bertz CT molecular complexity index is 861. The molecule has 36 heavy (non-hydrogen) atoms. The molecule has 2 rings (SSSR count). The van der Waals surface area contributed by atoms with Gasteiger partial charge < -0.3 is 15.4 Å². The number of anilines is 2. The lowest BCUT2D eigenvalue weighted by Crippen LogP contribution is -2.10. The number of unbranched alkanes of at least 4 members (excludes halogenated alkanes) is 13. The highest BCUT2D eigenvalue weighted by Crippen LogP contribution is 2.29. The fourth-order valence-electron chi connectivity index (χ4n) is 4.27. The fraction of sp³-hybridized carbons (Fsp3) is 0.643. The van der Waals surface area contributed by atoms with E-state index in [2.05, 4.69) is 27.5 Å². The molecule has 0 spiro atoms. The summed E-state index contributed by atoms with van der Waals surface area (Å²) in [5.74, 6) is 1.25. The molecule has 0 unspecified atom stereocenters. The van der Waals surface area contributed by atoms with Gasteiger partial charge in [0.05, 0.1) is 12.0 Å². The largest absolute Gasteiger partial charge is 0.497 e. The Kier molecular flexibility index (Phi) is 15.0. The molecule has 0 aliphatic rings. The van der Waals surface area contributed by atoms with Crippen LogP contribution in [0.15, 0.2) is 30.6 Å². The van der Waals surface area contributed by atoms with Crippen molar-refractivity contribution in [1.29, 1.82) is 0 Å². The SMILES string of the molecule is CCCCCCCCCCCCCCCCNc1ncnc(NCc2ccc(OC)cc2)c1[N+](=O)[O-]. The zero-order valence-corrected chi connectivity index (χ0v) is 22.3. The molecule has 8 heteroatoms. The van der Waals surface area contributed by atoms with Crippen LogP contribution in [-0.4, -0.2) is 28.5 Å². The van der Waals surface area contributed by atoms with E-state index in [-0.39, 0.29) is 17.3 Å². The number of aromatic nitrogens is 2. The highest BCUT2D eigenvalue weighted by Gasteiger charge is 2.22. The summed E-state index contributed by atoms with van der Waals surface area (Å²) in [4.78, 5) is 19.5.